The van der Waals surface area contributed by atoms with Crippen LogP contribution in [0.5, 0.6) is 0 Å². The molecule has 0 aliphatic carbocycles. The quantitative estimate of drug-likeness (QED) is 0.713. The van der Waals surface area contributed by atoms with Crippen molar-refractivity contribution in [2.75, 3.05) is 6.61 Å². The third-order valence-corrected chi connectivity index (χ3v) is 2.64. The lowest BCUT2D eigenvalue weighted by Gasteiger charge is -2.30. The highest BCUT2D eigenvalue weighted by atomic mass is 16.3. The van der Waals surface area contributed by atoms with Gasteiger partial charge in [-0.1, -0.05) is 24.3 Å². The third kappa shape index (κ3) is 1.48. The van der Waals surface area contributed by atoms with E-state index in [-0.39, 0.29) is 12.6 Å². The van der Waals surface area contributed by atoms with Crippen molar-refractivity contribution in [3.05, 3.63) is 40.3 Å². The van der Waals surface area contributed by atoms with Crippen LogP contribution < -0.4 is 0 Å². The van der Waals surface area contributed by atoms with Gasteiger partial charge in [0.2, 0.25) is 0 Å². The van der Waals surface area contributed by atoms with Crippen LogP contribution in [-0.4, -0.2) is 22.8 Å². The number of benzene rings is 1. The lowest BCUT2D eigenvalue weighted by molar-refractivity contribution is 0.108. The van der Waals surface area contributed by atoms with Gasteiger partial charge in [-0.2, -0.15) is 0 Å². The molecule has 1 aromatic rings. The van der Waals surface area contributed by atoms with Gasteiger partial charge in [0, 0.05) is 0 Å². The summed E-state index contributed by atoms with van der Waals surface area (Å²) in [6.45, 7) is 0.477. The average Bonchev–Trinajstić information content (AvgIpc) is 2.27. The minimum atomic E-state index is -0.164. The predicted molar refractivity (Wildman–Crippen MR) is 52.4 cm³/mol. The van der Waals surface area contributed by atoms with Gasteiger partial charge in [-0.05, 0) is 17.5 Å². The van der Waals surface area contributed by atoms with E-state index in [1.54, 1.807) is 0 Å². The normalized spacial score (nSPS) is 20.4. The van der Waals surface area contributed by atoms with Crippen LogP contribution >= 0.6 is 0 Å². The standard InChI is InChI=1S/C10H12N2O2/c13-7-10-5-8-3-1-2-4-9(8)6-12(10)11-14/h1-4,10,13H,5-7H2. The number of aliphatic hydroxyl groups excluding tert-OH is 1. The maximum absolute atomic E-state index is 10.5. The van der Waals surface area contributed by atoms with Crippen LogP contribution in [0.15, 0.2) is 29.6 Å². The van der Waals surface area contributed by atoms with E-state index < -0.39 is 0 Å². The summed E-state index contributed by atoms with van der Waals surface area (Å²) in [6.07, 6.45) is 0.693. The molecule has 0 saturated carbocycles. The van der Waals surface area contributed by atoms with Gasteiger partial charge < -0.3 is 5.11 Å². The molecule has 1 aliphatic heterocycles. The van der Waals surface area contributed by atoms with Gasteiger partial charge >= 0.3 is 0 Å². The van der Waals surface area contributed by atoms with E-state index >= 15 is 0 Å². The summed E-state index contributed by atoms with van der Waals surface area (Å²) in [6, 6.07) is 7.77. The van der Waals surface area contributed by atoms with Crippen LogP contribution in [0.25, 0.3) is 0 Å². The molecule has 2 rings (SSSR count). The SMILES string of the molecule is O=NN1Cc2ccccc2CC1CO. The van der Waals surface area contributed by atoms with E-state index in [0.717, 1.165) is 5.56 Å². The Kier molecular flexibility index (Phi) is 2.45. The summed E-state index contributed by atoms with van der Waals surface area (Å²) in [5.74, 6) is 0. The Morgan fingerprint density at radius 1 is 1.43 bits per heavy atom. The summed E-state index contributed by atoms with van der Waals surface area (Å²) < 4.78 is 0. The number of hydrogen-bond acceptors (Lipinski definition) is 3. The molecule has 1 aromatic carbocycles. The Labute approximate surface area is 82.1 Å². The molecule has 4 nitrogen and oxygen atoms in total. The number of hydrogen-bond donors (Lipinski definition) is 1. The molecule has 74 valence electrons. The van der Waals surface area contributed by atoms with Crippen LogP contribution in [0.1, 0.15) is 11.1 Å². The highest BCUT2D eigenvalue weighted by molar-refractivity contribution is 5.29. The van der Waals surface area contributed by atoms with Gasteiger partial charge in [-0.15, -0.1) is 4.91 Å². The minimum absolute atomic E-state index is 0.0277. The Morgan fingerprint density at radius 3 is 2.79 bits per heavy atom. The number of nitrogens with zero attached hydrogens (tertiary/aromatic N) is 2. The van der Waals surface area contributed by atoms with E-state index in [1.807, 2.05) is 24.3 Å². The maximum atomic E-state index is 10.5. The molecule has 0 radical (unpaired) electrons. The van der Waals surface area contributed by atoms with E-state index in [2.05, 4.69) is 5.29 Å². The maximum Gasteiger partial charge on any atom is 0.0777 e. The zero-order valence-electron chi connectivity index (χ0n) is 7.76. The Morgan fingerprint density at radius 2 is 2.14 bits per heavy atom. The smallest absolute Gasteiger partial charge is 0.0777 e. The lowest BCUT2D eigenvalue weighted by Crippen LogP contribution is -2.38. The first-order valence-electron chi connectivity index (χ1n) is 4.62. The van der Waals surface area contributed by atoms with Crippen molar-refractivity contribution in [1.82, 2.24) is 5.01 Å². The summed E-state index contributed by atoms with van der Waals surface area (Å²) in [4.78, 5) is 10.5. The largest absolute Gasteiger partial charge is 0.394 e. The number of fused-ring (bicyclic) bond motifs is 1. The number of nitroso groups, excluding NO2 is 1. The average molecular weight is 192 g/mol. The molecule has 1 heterocycles. The zero-order valence-corrected chi connectivity index (χ0v) is 7.76. The monoisotopic (exact) mass is 192 g/mol. The van der Waals surface area contributed by atoms with Crippen molar-refractivity contribution in [3.63, 3.8) is 0 Å². The van der Waals surface area contributed by atoms with Gasteiger partial charge in [-0.25, -0.2) is 0 Å². The third-order valence-electron chi connectivity index (χ3n) is 2.64. The van der Waals surface area contributed by atoms with Crippen LogP contribution in [0.4, 0.5) is 0 Å². The van der Waals surface area contributed by atoms with Gasteiger partial charge in [0.05, 0.1) is 24.5 Å². The molecule has 1 atom stereocenters. The molecular weight excluding hydrogens is 180 g/mol. The molecule has 0 bridgehead atoms. The number of rotatable bonds is 2. The molecule has 0 spiro atoms. The molecule has 14 heavy (non-hydrogen) atoms. The van der Waals surface area contributed by atoms with E-state index in [9.17, 15) is 4.91 Å². The van der Waals surface area contributed by atoms with E-state index in [4.69, 9.17) is 5.11 Å². The highest BCUT2D eigenvalue weighted by Gasteiger charge is 2.24. The topological polar surface area (TPSA) is 52.9 Å². The highest BCUT2D eigenvalue weighted by Crippen LogP contribution is 2.22. The van der Waals surface area contributed by atoms with E-state index in [0.29, 0.717) is 13.0 Å². The predicted octanol–water partition coefficient (Wildman–Crippen LogP) is 1.09. The summed E-state index contributed by atoms with van der Waals surface area (Å²) in [7, 11) is 0. The van der Waals surface area contributed by atoms with Crippen molar-refractivity contribution in [2.24, 2.45) is 5.29 Å². The van der Waals surface area contributed by atoms with Gasteiger partial charge in [0.25, 0.3) is 0 Å². The molecule has 0 saturated heterocycles. The van der Waals surface area contributed by atoms with Crippen LogP contribution in [0.2, 0.25) is 0 Å². The van der Waals surface area contributed by atoms with Gasteiger partial charge in [-0.3, -0.25) is 5.01 Å². The van der Waals surface area contributed by atoms with Crippen LogP contribution in [-0.2, 0) is 13.0 Å². The first-order chi connectivity index (χ1) is 6.85. The first kappa shape index (κ1) is 9.15. The molecule has 0 fully saturated rings. The van der Waals surface area contributed by atoms with Crippen molar-refractivity contribution in [1.29, 1.82) is 0 Å². The molecule has 0 amide bonds. The van der Waals surface area contributed by atoms with Crippen molar-refractivity contribution in [2.45, 2.75) is 19.0 Å². The molecule has 4 heteroatoms. The fourth-order valence-electron chi connectivity index (χ4n) is 1.83. The summed E-state index contributed by atoms with van der Waals surface area (Å²) >= 11 is 0. The van der Waals surface area contributed by atoms with Gasteiger partial charge in [0.15, 0.2) is 0 Å². The van der Waals surface area contributed by atoms with Crippen molar-refractivity contribution < 1.29 is 5.11 Å². The number of aliphatic hydroxyl groups is 1. The zero-order chi connectivity index (χ0) is 9.97. The first-order valence-corrected chi connectivity index (χ1v) is 4.62. The molecule has 1 unspecified atom stereocenters. The fraction of sp³-hybridized carbons (Fsp3) is 0.400. The van der Waals surface area contributed by atoms with Crippen LogP contribution in [0.3, 0.4) is 0 Å². The second kappa shape index (κ2) is 3.75. The van der Waals surface area contributed by atoms with Crippen LogP contribution in [0, 0.1) is 4.91 Å². The summed E-state index contributed by atoms with van der Waals surface area (Å²) in [5.41, 5.74) is 2.32. The lowest BCUT2D eigenvalue weighted by atomic mass is 9.96. The molecule has 0 aromatic heterocycles. The Bertz CT molecular complexity index is 341. The molecular formula is C10H12N2O2. The molecule has 1 aliphatic rings. The Hall–Kier alpha value is -1.42. The fourth-order valence-corrected chi connectivity index (χ4v) is 1.83. The second-order valence-corrected chi connectivity index (χ2v) is 3.49. The van der Waals surface area contributed by atoms with Gasteiger partial charge in [0.1, 0.15) is 0 Å². The summed E-state index contributed by atoms with van der Waals surface area (Å²) in [5, 5.41) is 13.4. The minimum Gasteiger partial charge on any atom is -0.394 e. The van der Waals surface area contributed by atoms with E-state index in [1.165, 1.54) is 10.6 Å². The Balaban J connectivity index is 2.29. The van der Waals surface area contributed by atoms with Crippen molar-refractivity contribution >= 4 is 0 Å². The molecule has 1 N–H and O–H groups in total. The second-order valence-electron chi connectivity index (χ2n) is 3.49. The van der Waals surface area contributed by atoms with Crippen molar-refractivity contribution in [3.8, 4) is 0 Å².